The summed E-state index contributed by atoms with van der Waals surface area (Å²) >= 11 is 1.51. The topological polar surface area (TPSA) is 86.7 Å². The van der Waals surface area contributed by atoms with Gasteiger partial charge in [0, 0.05) is 35.0 Å². The van der Waals surface area contributed by atoms with Gasteiger partial charge in [-0.2, -0.15) is 0 Å². The number of hydrogen-bond acceptors (Lipinski definition) is 5. The molecule has 6 nitrogen and oxygen atoms in total. The average Bonchev–Trinajstić information content (AvgIpc) is 3.17. The lowest BCUT2D eigenvalue weighted by Crippen LogP contribution is -2.13. The fourth-order valence-corrected chi connectivity index (χ4v) is 3.96. The highest BCUT2D eigenvalue weighted by molar-refractivity contribution is 7.98. The van der Waals surface area contributed by atoms with E-state index in [0.717, 1.165) is 27.8 Å². The SMILES string of the molecule is Cc1ccc(-n2c(SCc3ccccc3C(N)=O)nnc2-c2ccncc2)cc1. The molecular formula is C22H19N5OS. The van der Waals surface area contributed by atoms with Gasteiger partial charge in [0.05, 0.1) is 0 Å². The van der Waals surface area contributed by atoms with Gasteiger partial charge in [-0.3, -0.25) is 14.3 Å². The van der Waals surface area contributed by atoms with Crippen molar-refractivity contribution in [2.75, 3.05) is 0 Å². The number of amides is 1. The predicted molar refractivity (Wildman–Crippen MR) is 114 cm³/mol. The molecule has 144 valence electrons. The first-order valence-electron chi connectivity index (χ1n) is 9.07. The molecule has 0 radical (unpaired) electrons. The summed E-state index contributed by atoms with van der Waals surface area (Å²) in [4.78, 5) is 15.8. The van der Waals surface area contributed by atoms with E-state index in [1.54, 1.807) is 18.5 Å². The minimum absolute atomic E-state index is 0.432. The van der Waals surface area contributed by atoms with Crippen LogP contribution in [0.2, 0.25) is 0 Å². The quantitative estimate of drug-likeness (QED) is 0.493. The number of aromatic nitrogens is 4. The van der Waals surface area contributed by atoms with E-state index in [-0.39, 0.29) is 0 Å². The predicted octanol–water partition coefficient (Wildman–Crippen LogP) is 4.03. The van der Waals surface area contributed by atoms with E-state index in [1.807, 2.05) is 47.0 Å². The van der Waals surface area contributed by atoms with E-state index in [0.29, 0.717) is 11.3 Å². The lowest BCUT2D eigenvalue weighted by Gasteiger charge is -2.11. The van der Waals surface area contributed by atoms with E-state index >= 15 is 0 Å². The molecule has 0 atom stereocenters. The van der Waals surface area contributed by atoms with Crippen LogP contribution in [0.5, 0.6) is 0 Å². The first kappa shape index (κ1) is 18.9. The van der Waals surface area contributed by atoms with Crippen LogP contribution in [0.1, 0.15) is 21.5 Å². The molecule has 0 unspecified atom stereocenters. The van der Waals surface area contributed by atoms with Crippen LogP contribution >= 0.6 is 11.8 Å². The van der Waals surface area contributed by atoms with Gasteiger partial charge in [-0.25, -0.2) is 0 Å². The zero-order valence-corrected chi connectivity index (χ0v) is 16.6. The number of benzene rings is 2. The van der Waals surface area contributed by atoms with Crippen molar-refractivity contribution in [2.24, 2.45) is 5.73 Å². The molecule has 2 N–H and O–H groups in total. The van der Waals surface area contributed by atoms with Gasteiger partial charge < -0.3 is 5.73 Å². The average molecular weight is 401 g/mol. The van der Waals surface area contributed by atoms with Gasteiger partial charge in [0.25, 0.3) is 0 Å². The van der Waals surface area contributed by atoms with Crippen molar-refractivity contribution in [3.8, 4) is 17.1 Å². The molecule has 1 amide bonds. The van der Waals surface area contributed by atoms with Crippen molar-refractivity contribution in [1.29, 1.82) is 0 Å². The molecule has 0 saturated carbocycles. The third kappa shape index (κ3) is 4.05. The van der Waals surface area contributed by atoms with Crippen molar-refractivity contribution < 1.29 is 4.79 Å². The van der Waals surface area contributed by atoms with Gasteiger partial charge in [-0.15, -0.1) is 10.2 Å². The monoisotopic (exact) mass is 401 g/mol. The van der Waals surface area contributed by atoms with E-state index in [4.69, 9.17) is 5.73 Å². The second-order valence-electron chi connectivity index (χ2n) is 6.52. The Morgan fingerprint density at radius 2 is 1.72 bits per heavy atom. The summed E-state index contributed by atoms with van der Waals surface area (Å²) in [6.07, 6.45) is 3.47. The number of carbonyl (C=O) groups is 1. The molecule has 7 heteroatoms. The Morgan fingerprint density at radius 1 is 1.00 bits per heavy atom. The maximum atomic E-state index is 11.7. The number of nitrogens with two attached hydrogens (primary N) is 1. The minimum atomic E-state index is -0.432. The molecule has 29 heavy (non-hydrogen) atoms. The molecule has 0 bridgehead atoms. The van der Waals surface area contributed by atoms with Gasteiger partial charge >= 0.3 is 0 Å². The first-order chi connectivity index (χ1) is 14.1. The van der Waals surface area contributed by atoms with Gasteiger partial charge in [0.15, 0.2) is 11.0 Å². The fourth-order valence-electron chi connectivity index (χ4n) is 3.01. The first-order valence-corrected chi connectivity index (χ1v) is 10.1. The van der Waals surface area contributed by atoms with Gasteiger partial charge in [-0.1, -0.05) is 47.7 Å². The van der Waals surface area contributed by atoms with Crippen molar-refractivity contribution in [1.82, 2.24) is 19.7 Å². The molecule has 0 aliphatic carbocycles. The van der Waals surface area contributed by atoms with Crippen molar-refractivity contribution in [2.45, 2.75) is 17.8 Å². The maximum absolute atomic E-state index is 11.7. The highest BCUT2D eigenvalue weighted by Crippen LogP contribution is 2.30. The summed E-state index contributed by atoms with van der Waals surface area (Å²) in [5, 5.41) is 9.58. The molecular weight excluding hydrogens is 382 g/mol. The summed E-state index contributed by atoms with van der Waals surface area (Å²) in [5.41, 5.74) is 9.98. The Bertz CT molecular complexity index is 1140. The number of nitrogens with zero attached hydrogens (tertiary/aromatic N) is 4. The molecule has 0 aliphatic rings. The zero-order valence-electron chi connectivity index (χ0n) is 15.8. The Morgan fingerprint density at radius 3 is 2.45 bits per heavy atom. The van der Waals surface area contributed by atoms with Crippen LogP contribution < -0.4 is 5.73 Å². The van der Waals surface area contributed by atoms with Crippen LogP contribution in [-0.4, -0.2) is 25.7 Å². The van der Waals surface area contributed by atoms with E-state index < -0.39 is 5.91 Å². The Hall–Kier alpha value is -3.45. The van der Waals surface area contributed by atoms with Crippen LogP contribution in [0.4, 0.5) is 0 Å². The highest BCUT2D eigenvalue weighted by atomic mass is 32.2. The summed E-state index contributed by atoms with van der Waals surface area (Å²) in [7, 11) is 0. The van der Waals surface area contributed by atoms with Crippen LogP contribution in [0.25, 0.3) is 17.1 Å². The third-order valence-corrected chi connectivity index (χ3v) is 5.48. The van der Waals surface area contributed by atoms with Crippen LogP contribution in [0.15, 0.2) is 78.2 Å². The second-order valence-corrected chi connectivity index (χ2v) is 7.47. The normalized spacial score (nSPS) is 10.8. The zero-order chi connectivity index (χ0) is 20.2. The molecule has 4 rings (SSSR count). The van der Waals surface area contributed by atoms with Crippen LogP contribution in [0, 0.1) is 6.92 Å². The smallest absolute Gasteiger partial charge is 0.249 e. The van der Waals surface area contributed by atoms with E-state index in [1.165, 1.54) is 17.3 Å². The van der Waals surface area contributed by atoms with Crippen molar-refractivity contribution in [3.63, 3.8) is 0 Å². The van der Waals surface area contributed by atoms with Crippen molar-refractivity contribution in [3.05, 3.63) is 89.7 Å². The lowest BCUT2D eigenvalue weighted by molar-refractivity contribution is 0.0999. The van der Waals surface area contributed by atoms with Crippen LogP contribution in [-0.2, 0) is 5.75 Å². The highest BCUT2D eigenvalue weighted by Gasteiger charge is 2.17. The molecule has 0 saturated heterocycles. The summed E-state index contributed by atoms with van der Waals surface area (Å²) in [6.45, 7) is 2.05. The van der Waals surface area contributed by atoms with Gasteiger partial charge in [-0.05, 0) is 42.8 Å². The summed E-state index contributed by atoms with van der Waals surface area (Å²) in [5.74, 6) is 0.861. The molecule has 2 heterocycles. The molecule has 4 aromatic rings. The largest absolute Gasteiger partial charge is 0.366 e. The van der Waals surface area contributed by atoms with Crippen molar-refractivity contribution >= 4 is 17.7 Å². The maximum Gasteiger partial charge on any atom is 0.249 e. The van der Waals surface area contributed by atoms with E-state index in [2.05, 4.69) is 34.2 Å². The molecule has 0 aliphatic heterocycles. The van der Waals surface area contributed by atoms with Crippen LogP contribution in [0.3, 0.4) is 0 Å². The number of rotatable bonds is 6. The number of aryl methyl sites for hydroxylation is 1. The minimum Gasteiger partial charge on any atom is -0.366 e. The standard InChI is InChI=1S/C22H19N5OS/c1-15-6-8-18(9-7-15)27-21(16-10-12-24-13-11-16)25-26-22(27)29-14-17-4-2-3-5-19(17)20(23)28/h2-13H,14H2,1H3,(H2,23,28). The molecule has 2 aromatic carbocycles. The number of pyridine rings is 1. The number of carbonyl (C=O) groups excluding carboxylic acids is 1. The Balaban J connectivity index is 1.73. The molecule has 0 fully saturated rings. The second kappa shape index (κ2) is 8.28. The Kier molecular flexibility index (Phi) is 5.39. The number of primary amides is 1. The number of thioether (sulfide) groups is 1. The fraction of sp³-hybridized carbons (Fsp3) is 0.0909. The van der Waals surface area contributed by atoms with Gasteiger partial charge in [0.2, 0.25) is 5.91 Å². The third-order valence-electron chi connectivity index (χ3n) is 4.50. The van der Waals surface area contributed by atoms with Gasteiger partial charge in [0.1, 0.15) is 0 Å². The molecule has 2 aromatic heterocycles. The van der Waals surface area contributed by atoms with E-state index in [9.17, 15) is 4.79 Å². The lowest BCUT2D eigenvalue weighted by atomic mass is 10.1. The Labute approximate surface area is 172 Å². The number of hydrogen-bond donors (Lipinski definition) is 1. The molecule has 0 spiro atoms. The summed E-state index contributed by atoms with van der Waals surface area (Å²) in [6, 6.07) is 19.4. The summed E-state index contributed by atoms with van der Waals surface area (Å²) < 4.78 is 2.02.